The lowest BCUT2D eigenvalue weighted by atomic mass is 9.78. The number of carboxylic acid groups (broad SMARTS) is 1. The fourth-order valence-electron chi connectivity index (χ4n) is 4.53. The number of anilines is 1. The number of nitriles is 1. The molecular weight excluding hydrogens is 389 g/mol. The number of ether oxygens (including phenoxy) is 1. The van der Waals surface area contributed by atoms with E-state index in [0.717, 1.165) is 16.4 Å². The summed E-state index contributed by atoms with van der Waals surface area (Å²) in [5.74, 6) is -2.42. The lowest BCUT2D eigenvalue weighted by Crippen LogP contribution is -2.56. The summed E-state index contributed by atoms with van der Waals surface area (Å²) in [7, 11) is -4.53. The van der Waals surface area contributed by atoms with Crippen molar-refractivity contribution in [2.75, 3.05) is 10.8 Å². The molecule has 7 nitrogen and oxygen atoms in total. The Kier molecular flexibility index (Phi) is 3.58. The van der Waals surface area contributed by atoms with E-state index in [1.165, 1.54) is 6.07 Å². The summed E-state index contributed by atoms with van der Waals surface area (Å²) in [6, 6.07) is 3.98. The third-order valence-corrected chi connectivity index (χ3v) is 8.20. The van der Waals surface area contributed by atoms with Crippen molar-refractivity contribution in [1.29, 1.82) is 5.26 Å². The molecule has 11 heteroatoms. The molecule has 0 aromatic heterocycles. The molecule has 3 aliphatic heterocycles. The van der Waals surface area contributed by atoms with Crippen LogP contribution in [-0.2, 0) is 25.7 Å². The number of fused-ring (bicyclic) bond motifs is 5. The molecule has 0 spiro atoms. The van der Waals surface area contributed by atoms with Gasteiger partial charge in [0.15, 0.2) is 0 Å². The Balaban J connectivity index is 1.86. The fraction of sp³-hybridized carbons (Fsp3) is 0.500. The Bertz CT molecular complexity index is 987. The van der Waals surface area contributed by atoms with E-state index in [1.54, 1.807) is 0 Å². The molecule has 0 saturated carbocycles. The minimum Gasteiger partial charge on any atom is -0.480 e. The Morgan fingerprint density at radius 2 is 2.07 bits per heavy atom. The van der Waals surface area contributed by atoms with Gasteiger partial charge in [-0.2, -0.15) is 18.4 Å². The van der Waals surface area contributed by atoms with Crippen LogP contribution >= 0.6 is 0 Å². The second-order valence-electron chi connectivity index (χ2n) is 6.82. The second kappa shape index (κ2) is 5.36. The zero-order valence-corrected chi connectivity index (χ0v) is 14.4. The average molecular weight is 402 g/mol. The van der Waals surface area contributed by atoms with E-state index in [1.807, 2.05) is 0 Å². The van der Waals surface area contributed by atoms with Crippen molar-refractivity contribution in [2.45, 2.75) is 36.0 Å². The molecule has 4 atom stereocenters. The molecular formula is C16H13F3N2O5S. The van der Waals surface area contributed by atoms with Crippen molar-refractivity contribution in [3.05, 3.63) is 29.3 Å². The molecule has 1 N–H and O–H groups in total. The lowest BCUT2D eigenvalue weighted by molar-refractivity contribution is -0.142. The first-order valence-electron chi connectivity index (χ1n) is 8.07. The third-order valence-electron chi connectivity index (χ3n) is 5.66. The normalized spacial score (nSPS) is 33.7. The highest BCUT2D eigenvalue weighted by molar-refractivity contribution is 7.95. The molecule has 0 unspecified atom stereocenters. The molecule has 3 saturated heterocycles. The predicted molar refractivity (Wildman–Crippen MR) is 84.2 cm³/mol. The summed E-state index contributed by atoms with van der Waals surface area (Å²) in [5.41, 5.74) is -2.21. The Morgan fingerprint density at radius 1 is 1.37 bits per heavy atom. The minimum absolute atomic E-state index is 0.266. The monoisotopic (exact) mass is 402 g/mol. The van der Waals surface area contributed by atoms with Gasteiger partial charge in [0.25, 0.3) is 10.0 Å². The van der Waals surface area contributed by atoms with Gasteiger partial charge in [-0.1, -0.05) is 0 Å². The summed E-state index contributed by atoms with van der Waals surface area (Å²) in [6.45, 7) is -0.279. The minimum atomic E-state index is -4.85. The molecule has 0 amide bonds. The number of benzene rings is 1. The number of hydrogen-bond donors (Lipinski definition) is 1. The smallest absolute Gasteiger partial charge is 0.417 e. The molecule has 0 radical (unpaired) electrons. The second-order valence-corrected chi connectivity index (χ2v) is 8.89. The van der Waals surface area contributed by atoms with Crippen LogP contribution in [0.15, 0.2) is 18.2 Å². The SMILES string of the molecule is N#Cc1ccc(N2C[C@H]3[C@H]4CC[C@H](O4)[C@@]3(C(=O)O)S2(=O)=O)cc1C(F)(F)F. The van der Waals surface area contributed by atoms with Crippen LogP contribution in [0.1, 0.15) is 24.0 Å². The van der Waals surface area contributed by atoms with E-state index < -0.39 is 56.2 Å². The van der Waals surface area contributed by atoms with E-state index in [0.29, 0.717) is 12.5 Å². The van der Waals surface area contributed by atoms with Crippen LogP contribution < -0.4 is 4.31 Å². The Morgan fingerprint density at radius 3 is 2.63 bits per heavy atom. The first-order valence-corrected chi connectivity index (χ1v) is 9.51. The van der Waals surface area contributed by atoms with Gasteiger partial charge in [0.2, 0.25) is 4.75 Å². The van der Waals surface area contributed by atoms with E-state index in [4.69, 9.17) is 10.00 Å². The molecule has 2 bridgehead atoms. The lowest BCUT2D eigenvalue weighted by Gasteiger charge is -2.30. The van der Waals surface area contributed by atoms with E-state index in [9.17, 15) is 31.5 Å². The van der Waals surface area contributed by atoms with Crippen LogP contribution in [-0.4, -0.2) is 43.0 Å². The summed E-state index contributed by atoms with van der Waals surface area (Å²) >= 11 is 0. The van der Waals surface area contributed by atoms with Gasteiger partial charge in [0.1, 0.15) is 0 Å². The summed E-state index contributed by atoms with van der Waals surface area (Å²) in [5, 5.41) is 18.6. The number of halogens is 3. The number of rotatable bonds is 2. The maximum Gasteiger partial charge on any atom is 0.417 e. The van der Waals surface area contributed by atoms with Crippen LogP contribution in [0.2, 0.25) is 0 Å². The zero-order valence-electron chi connectivity index (χ0n) is 13.6. The summed E-state index contributed by atoms with van der Waals surface area (Å²) in [6.07, 6.45) is -5.67. The van der Waals surface area contributed by atoms with Crippen molar-refractivity contribution in [3.8, 4) is 6.07 Å². The molecule has 3 aliphatic rings. The molecule has 4 rings (SSSR count). The number of sulfonamides is 1. The Hall–Kier alpha value is -2.32. The fourth-order valence-corrected chi connectivity index (χ4v) is 6.98. The van der Waals surface area contributed by atoms with Crippen LogP contribution in [0.25, 0.3) is 0 Å². The highest BCUT2D eigenvalue weighted by Gasteiger charge is 2.76. The van der Waals surface area contributed by atoms with Crippen molar-refractivity contribution in [1.82, 2.24) is 0 Å². The number of carboxylic acids is 1. The van der Waals surface area contributed by atoms with Gasteiger partial charge in [-0.05, 0) is 31.0 Å². The third kappa shape index (κ3) is 2.11. The number of nitrogens with zero attached hydrogens (tertiary/aromatic N) is 2. The highest BCUT2D eigenvalue weighted by Crippen LogP contribution is 2.56. The van der Waals surface area contributed by atoms with Gasteiger partial charge in [0, 0.05) is 12.5 Å². The van der Waals surface area contributed by atoms with Gasteiger partial charge in [-0.15, -0.1) is 0 Å². The topological polar surface area (TPSA) is 108 Å². The number of aliphatic carboxylic acids is 1. The molecule has 144 valence electrons. The van der Waals surface area contributed by atoms with Crippen molar-refractivity contribution in [2.24, 2.45) is 5.92 Å². The van der Waals surface area contributed by atoms with Gasteiger partial charge in [-0.3, -0.25) is 9.10 Å². The first-order chi connectivity index (χ1) is 12.5. The Labute approximate surface area is 152 Å². The molecule has 0 aliphatic carbocycles. The van der Waals surface area contributed by atoms with Crippen LogP contribution in [0.4, 0.5) is 18.9 Å². The van der Waals surface area contributed by atoms with E-state index in [-0.39, 0.29) is 18.7 Å². The van der Waals surface area contributed by atoms with Crippen LogP contribution in [0.3, 0.4) is 0 Å². The molecule has 3 heterocycles. The number of hydrogen-bond acceptors (Lipinski definition) is 5. The highest BCUT2D eigenvalue weighted by atomic mass is 32.2. The molecule has 27 heavy (non-hydrogen) atoms. The van der Waals surface area contributed by atoms with Crippen molar-refractivity contribution < 1.29 is 36.2 Å². The quantitative estimate of drug-likeness (QED) is 0.807. The molecule has 3 fully saturated rings. The largest absolute Gasteiger partial charge is 0.480 e. The molecule has 1 aromatic carbocycles. The zero-order chi connectivity index (χ0) is 19.8. The number of alkyl halides is 3. The maximum atomic E-state index is 13.2. The van der Waals surface area contributed by atoms with E-state index in [2.05, 4.69) is 0 Å². The predicted octanol–water partition coefficient (Wildman–Crippen LogP) is 1.73. The molecule has 1 aromatic rings. The maximum absolute atomic E-state index is 13.2. The standard InChI is InChI=1S/C16H13F3N2O5S/c17-16(18,19)10-5-9(2-1-8(10)6-20)21-7-11-12-3-4-13(26-12)15(11,14(22)23)27(21,24)25/h1-2,5,11-13H,3-4,7H2,(H,22,23)/t11-,12+,13-,15-/m0/s1. The van der Waals surface area contributed by atoms with Crippen molar-refractivity contribution >= 4 is 21.7 Å². The van der Waals surface area contributed by atoms with Crippen molar-refractivity contribution in [3.63, 3.8) is 0 Å². The van der Waals surface area contributed by atoms with E-state index >= 15 is 0 Å². The van der Waals surface area contributed by atoms with Gasteiger partial charge in [-0.25, -0.2) is 8.42 Å². The number of carbonyl (C=O) groups is 1. The van der Waals surface area contributed by atoms with Gasteiger partial charge < -0.3 is 9.84 Å². The van der Waals surface area contributed by atoms with Crippen LogP contribution in [0.5, 0.6) is 0 Å². The van der Waals surface area contributed by atoms with Crippen LogP contribution in [0, 0.1) is 17.2 Å². The summed E-state index contributed by atoms with van der Waals surface area (Å²) in [4.78, 5) is 12.0. The van der Waals surface area contributed by atoms with Gasteiger partial charge in [0.05, 0.1) is 35.1 Å². The van der Waals surface area contributed by atoms with Gasteiger partial charge >= 0.3 is 12.1 Å². The first kappa shape index (κ1) is 18.1. The summed E-state index contributed by atoms with van der Waals surface area (Å²) < 4.78 is 70.1. The average Bonchev–Trinajstić information content (AvgIpc) is 3.23.